The second-order valence-electron chi connectivity index (χ2n) is 8.81. The van der Waals surface area contributed by atoms with Crippen LogP contribution in [-0.2, 0) is 4.79 Å². The topological polar surface area (TPSA) is 110 Å². The first-order valence-electron chi connectivity index (χ1n) is 11.8. The van der Waals surface area contributed by atoms with Gasteiger partial charge in [-0.1, -0.05) is 37.1 Å². The van der Waals surface area contributed by atoms with Gasteiger partial charge in [-0.05, 0) is 54.4 Å². The number of nitro groups is 1. The van der Waals surface area contributed by atoms with Crippen LogP contribution in [0, 0.1) is 10.1 Å². The molecule has 0 radical (unpaired) electrons. The largest absolute Gasteiger partial charge is 0.494 e. The first-order valence-corrected chi connectivity index (χ1v) is 12.2. The van der Waals surface area contributed by atoms with Crippen molar-refractivity contribution in [3.63, 3.8) is 0 Å². The van der Waals surface area contributed by atoms with Gasteiger partial charge in [-0.3, -0.25) is 29.4 Å². The molecule has 9 nitrogen and oxygen atoms in total. The van der Waals surface area contributed by atoms with Crippen molar-refractivity contribution in [2.24, 2.45) is 0 Å². The first kappa shape index (κ1) is 24.5. The predicted molar refractivity (Wildman–Crippen MR) is 136 cm³/mol. The summed E-state index contributed by atoms with van der Waals surface area (Å²) in [5.41, 5.74) is 0.901. The number of hydrogen-bond donors (Lipinski definition) is 0. The summed E-state index contributed by atoms with van der Waals surface area (Å²) in [7, 11) is 0. The molecule has 10 heteroatoms. The zero-order valence-corrected chi connectivity index (χ0v) is 20.6. The van der Waals surface area contributed by atoms with E-state index in [1.54, 1.807) is 48.5 Å². The van der Waals surface area contributed by atoms with Gasteiger partial charge >= 0.3 is 0 Å². The van der Waals surface area contributed by atoms with Gasteiger partial charge in [-0.25, -0.2) is 0 Å². The van der Waals surface area contributed by atoms with Crippen molar-refractivity contribution in [3.8, 4) is 5.75 Å². The van der Waals surface area contributed by atoms with Crippen molar-refractivity contribution >= 4 is 40.7 Å². The van der Waals surface area contributed by atoms with E-state index < -0.39 is 34.7 Å². The van der Waals surface area contributed by atoms with Crippen LogP contribution in [0.4, 0.5) is 11.4 Å². The maximum atomic E-state index is 13.5. The van der Waals surface area contributed by atoms with E-state index in [2.05, 4.69) is 6.92 Å². The molecular formula is C27H22ClN3O6. The number of carbonyl (C=O) groups excluding carboxylic acids is 3. The van der Waals surface area contributed by atoms with Gasteiger partial charge in [-0.2, -0.15) is 0 Å². The quantitative estimate of drug-likeness (QED) is 0.133. The average Bonchev–Trinajstić information content (AvgIpc) is 3.13. The average molecular weight is 520 g/mol. The first-order chi connectivity index (χ1) is 17.8. The van der Waals surface area contributed by atoms with Gasteiger partial charge in [0.2, 0.25) is 0 Å². The number of nitro benzene ring substituents is 1. The lowest BCUT2D eigenvalue weighted by Crippen LogP contribution is -2.67. The summed E-state index contributed by atoms with van der Waals surface area (Å²) in [5.74, 6) is -1.17. The van der Waals surface area contributed by atoms with Gasteiger partial charge < -0.3 is 9.64 Å². The van der Waals surface area contributed by atoms with Crippen molar-refractivity contribution in [1.29, 1.82) is 0 Å². The van der Waals surface area contributed by atoms with Crippen LogP contribution in [0.1, 0.15) is 52.1 Å². The number of unbranched alkanes of at least 4 members (excludes halogenated alkanes) is 1. The number of imide groups is 1. The molecule has 0 spiro atoms. The van der Waals surface area contributed by atoms with Crippen molar-refractivity contribution in [3.05, 3.63) is 98.6 Å². The fraction of sp³-hybridized carbons (Fsp3) is 0.222. The second kappa shape index (κ2) is 9.67. The lowest BCUT2D eigenvalue weighted by molar-refractivity contribution is -0.384. The van der Waals surface area contributed by atoms with Crippen LogP contribution < -0.4 is 9.64 Å². The van der Waals surface area contributed by atoms with Gasteiger partial charge in [0.25, 0.3) is 23.4 Å². The molecule has 2 heterocycles. The molecule has 3 amide bonds. The molecule has 2 aliphatic rings. The molecule has 3 aromatic rings. The molecule has 188 valence electrons. The van der Waals surface area contributed by atoms with Crippen molar-refractivity contribution in [1.82, 2.24) is 4.90 Å². The van der Waals surface area contributed by atoms with E-state index in [9.17, 15) is 24.5 Å². The Kier molecular flexibility index (Phi) is 6.39. The minimum atomic E-state index is -1.12. The smallest absolute Gasteiger partial charge is 0.270 e. The van der Waals surface area contributed by atoms with Crippen molar-refractivity contribution in [2.45, 2.75) is 31.8 Å². The molecule has 0 saturated carbocycles. The number of amides is 3. The summed E-state index contributed by atoms with van der Waals surface area (Å²) < 4.78 is 5.74. The van der Waals surface area contributed by atoms with Crippen LogP contribution in [0.3, 0.4) is 0 Å². The number of ether oxygens (including phenoxy) is 1. The molecule has 0 aromatic heterocycles. The highest BCUT2D eigenvalue weighted by molar-refractivity contribution is 6.30. The molecule has 0 bridgehead atoms. The minimum absolute atomic E-state index is 0.0340. The van der Waals surface area contributed by atoms with E-state index in [-0.39, 0.29) is 16.8 Å². The molecule has 37 heavy (non-hydrogen) atoms. The van der Waals surface area contributed by atoms with Crippen LogP contribution in [0.15, 0.2) is 66.7 Å². The van der Waals surface area contributed by atoms with Crippen molar-refractivity contribution < 1.29 is 24.0 Å². The fourth-order valence-corrected chi connectivity index (χ4v) is 4.78. The minimum Gasteiger partial charge on any atom is -0.494 e. The van der Waals surface area contributed by atoms with Crippen LogP contribution >= 0.6 is 11.6 Å². The molecule has 2 atom stereocenters. The summed E-state index contributed by atoms with van der Waals surface area (Å²) >= 11 is 6.03. The number of carbonyl (C=O) groups is 3. The second-order valence-corrected chi connectivity index (χ2v) is 9.25. The van der Waals surface area contributed by atoms with E-state index >= 15 is 0 Å². The van der Waals surface area contributed by atoms with E-state index in [0.717, 1.165) is 23.8 Å². The Hall–Kier alpha value is -4.24. The highest BCUT2D eigenvalue weighted by Crippen LogP contribution is 2.45. The van der Waals surface area contributed by atoms with Gasteiger partial charge in [0, 0.05) is 22.8 Å². The van der Waals surface area contributed by atoms with Crippen molar-refractivity contribution in [2.75, 3.05) is 11.5 Å². The SMILES string of the molecule is CCCCOc1ccc(C2C(N3C(=O)c4ccc([N+](=O)[O-])cc4C3=O)C(=O)N2c2ccc(Cl)cc2)cc1. The molecule has 0 N–H and O–H groups in total. The summed E-state index contributed by atoms with van der Waals surface area (Å²) in [6.45, 7) is 2.65. The Morgan fingerprint density at radius 1 is 0.892 bits per heavy atom. The Labute approximate surface area is 217 Å². The summed E-state index contributed by atoms with van der Waals surface area (Å²) in [5, 5.41) is 11.7. The fourth-order valence-electron chi connectivity index (χ4n) is 4.66. The number of rotatable bonds is 8. The number of β-lactam (4-membered cyclic amide) rings is 1. The number of benzene rings is 3. The number of non-ortho nitro benzene ring substituents is 1. The number of hydrogen-bond acceptors (Lipinski definition) is 6. The standard InChI is InChI=1S/C27H22ClN3O6/c1-2-3-14-37-20-11-4-16(5-12-20)23-24(27(34)29(23)18-8-6-17(28)7-9-18)30-25(32)21-13-10-19(31(35)36)15-22(21)26(30)33/h4-13,15,23-24H,2-3,14H2,1H3. The molecule has 2 aliphatic heterocycles. The Morgan fingerprint density at radius 2 is 1.57 bits per heavy atom. The van der Waals surface area contributed by atoms with Gasteiger partial charge in [-0.15, -0.1) is 0 Å². The Balaban J connectivity index is 1.51. The maximum Gasteiger partial charge on any atom is 0.270 e. The molecule has 0 aliphatic carbocycles. The molecule has 1 fully saturated rings. The molecule has 5 rings (SSSR count). The van der Waals surface area contributed by atoms with Crippen LogP contribution in [0.2, 0.25) is 5.02 Å². The monoisotopic (exact) mass is 519 g/mol. The van der Waals surface area contributed by atoms with E-state index in [4.69, 9.17) is 16.3 Å². The lowest BCUT2D eigenvalue weighted by Gasteiger charge is -2.49. The van der Waals surface area contributed by atoms with Crippen LogP contribution in [0.25, 0.3) is 0 Å². The maximum absolute atomic E-state index is 13.5. The summed E-state index contributed by atoms with van der Waals surface area (Å²) in [6, 6.07) is 15.6. The summed E-state index contributed by atoms with van der Waals surface area (Å²) in [4.78, 5) is 53.1. The highest BCUT2D eigenvalue weighted by Gasteiger charge is 2.57. The van der Waals surface area contributed by atoms with Crippen LogP contribution in [-0.4, -0.2) is 40.2 Å². The zero-order valence-electron chi connectivity index (χ0n) is 19.8. The number of fused-ring (bicyclic) bond motifs is 1. The molecule has 2 unspecified atom stereocenters. The normalized spacial score (nSPS) is 18.6. The highest BCUT2D eigenvalue weighted by atomic mass is 35.5. The van der Waals surface area contributed by atoms with E-state index in [1.807, 2.05) is 0 Å². The third-order valence-electron chi connectivity index (χ3n) is 6.55. The zero-order chi connectivity index (χ0) is 26.3. The van der Waals surface area contributed by atoms with E-state index in [0.29, 0.717) is 28.6 Å². The van der Waals surface area contributed by atoms with Gasteiger partial charge in [0.1, 0.15) is 11.8 Å². The predicted octanol–water partition coefficient (Wildman–Crippen LogP) is 5.18. The van der Waals surface area contributed by atoms with Gasteiger partial charge in [0.15, 0.2) is 0 Å². The lowest BCUT2D eigenvalue weighted by atomic mass is 9.86. The molecule has 3 aromatic carbocycles. The van der Waals surface area contributed by atoms with Crippen LogP contribution in [0.5, 0.6) is 5.75 Å². The molecule has 1 saturated heterocycles. The third-order valence-corrected chi connectivity index (χ3v) is 6.80. The number of nitrogens with zero attached hydrogens (tertiary/aromatic N) is 3. The van der Waals surface area contributed by atoms with Gasteiger partial charge in [0.05, 0.1) is 28.7 Å². The summed E-state index contributed by atoms with van der Waals surface area (Å²) in [6.07, 6.45) is 1.92. The Morgan fingerprint density at radius 3 is 2.22 bits per heavy atom. The number of anilines is 1. The Bertz CT molecular complexity index is 1410. The third kappa shape index (κ3) is 4.21. The molecular weight excluding hydrogens is 498 g/mol. The number of halogens is 1. The van der Waals surface area contributed by atoms with E-state index in [1.165, 1.54) is 17.0 Å².